The molecular formula is C9H12N2. The fraction of sp³-hybridized carbons (Fsp3) is 0.222. The number of aromatic nitrogens is 1. The predicted molar refractivity (Wildman–Crippen MR) is 46.1 cm³/mol. The van der Waals surface area contributed by atoms with Gasteiger partial charge in [-0.15, -0.1) is 6.58 Å². The molecule has 0 unspecified atom stereocenters. The van der Waals surface area contributed by atoms with E-state index < -0.39 is 0 Å². The Balaban J connectivity index is 2.89. The molecule has 0 aliphatic heterocycles. The van der Waals surface area contributed by atoms with Crippen molar-refractivity contribution in [3.05, 3.63) is 42.2 Å². The lowest BCUT2D eigenvalue weighted by molar-refractivity contribution is 0.900. The first-order valence-electron chi connectivity index (χ1n) is 3.54. The predicted octanol–water partition coefficient (Wildman–Crippen LogP) is 1.58. The van der Waals surface area contributed by atoms with Crippen LogP contribution in [0.1, 0.15) is 17.3 Å². The Morgan fingerprint density at radius 1 is 1.64 bits per heavy atom. The highest BCUT2D eigenvalue weighted by molar-refractivity contribution is 5.19. The topological polar surface area (TPSA) is 38.9 Å². The van der Waals surface area contributed by atoms with Gasteiger partial charge in [0.1, 0.15) is 0 Å². The van der Waals surface area contributed by atoms with E-state index in [0.717, 1.165) is 11.3 Å². The van der Waals surface area contributed by atoms with Gasteiger partial charge in [-0.2, -0.15) is 0 Å². The normalized spacial score (nSPS) is 12.5. The molecule has 2 N–H and O–H groups in total. The van der Waals surface area contributed by atoms with E-state index in [1.54, 1.807) is 12.3 Å². The van der Waals surface area contributed by atoms with Gasteiger partial charge in [0.05, 0.1) is 0 Å². The fourth-order valence-electron chi connectivity index (χ4n) is 0.813. The maximum Gasteiger partial charge on any atom is 0.0493 e. The summed E-state index contributed by atoms with van der Waals surface area (Å²) in [4.78, 5) is 4.12. The van der Waals surface area contributed by atoms with Gasteiger partial charge in [0.25, 0.3) is 0 Å². The molecule has 1 heterocycles. The van der Waals surface area contributed by atoms with Crippen LogP contribution in [0.5, 0.6) is 0 Å². The molecule has 1 atom stereocenters. The molecule has 0 aliphatic carbocycles. The monoisotopic (exact) mass is 148 g/mol. The van der Waals surface area contributed by atoms with Gasteiger partial charge in [-0.1, -0.05) is 12.1 Å². The zero-order chi connectivity index (χ0) is 8.27. The van der Waals surface area contributed by atoms with E-state index in [9.17, 15) is 0 Å². The molecule has 0 fully saturated rings. The number of rotatable bonds is 2. The Bertz CT molecular complexity index is 238. The third kappa shape index (κ3) is 1.88. The summed E-state index contributed by atoms with van der Waals surface area (Å²) < 4.78 is 0. The highest BCUT2D eigenvalue weighted by atomic mass is 14.7. The van der Waals surface area contributed by atoms with E-state index in [0.29, 0.717) is 0 Å². The summed E-state index contributed by atoms with van der Waals surface area (Å²) in [5.41, 5.74) is 7.70. The average Bonchev–Trinajstić information content (AvgIpc) is 2.05. The Labute approximate surface area is 66.8 Å². The van der Waals surface area contributed by atoms with Crippen LogP contribution in [0.15, 0.2) is 31.0 Å². The van der Waals surface area contributed by atoms with Crippen molar-refractivity contribution in [3.8, 4) is 0 Å². The summed E-state index contributed by atoms with van der Waals surface area (Å²) in [5, 5.41) is 0. The third-order valence-corrected chi connectivity index (χ3v) is 1.57. The van der Waals surface area contributed by atoms with Crippen molar-refractivity contribution in [3.63, 3.8) is 0 Å². The lowest BCUT2D eigenvalue weighted by Crippen LogP contribution is -2.06. The second-order valence-corrected chi connectivity index (χ2v) is 2.49. The highest BCUT2D eigenvalue weighted by Gasteiger charge is 1.99. The van der Waals surface area contributed by atoms with Gasteiger partial charge < -0.3 is 5.73 Å². The molecule has 0 aromatic carbocycles. The zero-order valence-corrected chi connectivity index (χ0v) is 6.62. The smallest absolute Gasteiger partial charge is 0.0493 e. The molecule has 0 spiro atoms. The molecule has 1 aromatic heterocycles. The Morgan fingerprint density at radius 2 is 2.36 bits per heavy atom. The molecule has 0 bridgehead atoms. The molecule has 0 saturated carbocycles. The Kier molecular flexibility index (Phi) is 2.39. The SMILES string of the molecule is C=C[C@@H](N)c1ccc(C)nc1. The maximum atomic E-state index is 5.69. The van der Waals surface area contributed by atoms with Gasteiger partial charge in [-0.25, -0.2) is 0 Å². The largest absolute Gasteiger partial charge is 0.321 e. The average molecular weight is 148 g/mol. The summed E-state index contributed by atoms with van der Waals surface area (Å²) in [7, 11) is 0. The molecule has 0 saturated heterocycles. The van der Waals surface area contributed by atoms with Crippen LogP contribution in [0.4, 0.5) is 0 Å². The quantitative estimate of drug-likeness (QED) is 0.646. The lowest BCUT2D eigenvalue weighted by Gasteiger charge is -2.04. The van der Waals surface area contributed by atoms with Crippen molar-refractivity contribution >= 4 is 0 Å². The van der Waals surface area contributed by atoms with Gasteiger partial charge in [-0.05, 0) is 18.6 Å². The number of nitrogens with two attached hydrogens (primary N) is 1. The molecule has 2 nitrogen and oxygen atoms in total. The second kappa shape index (κ2) is 3.30. The molecule has 1 rings (SSSR count). The van der Waals surface area contributed by atoms with Crippen LogP contribution in [0.2, 0.25) is 0 Å². The summed E-state index contributed by atoms with van der Waals surface area (Å²) in [5.74, 6) is 0. The number of pyridine rings is 1. The van der Waals surface area contributed by atoms with Crippen LogP contribution in [0.3, 0.4) is 0 Å². The van der Waals surface area contributed by atoms with Crippen molar-refractivity contribution in [1.82, 2.24) is 4.98 Å². The first-order chi connectivity index (χ1) is 5.24. The molecule has 0 aliphatic rings. The minimum atomic E-state index is -0.0944. The minimum absolute atomic E-state index is 0.0944. The molecular weight excluding hydrogens is 136 g/mol. The van der Waals surface area contributed by atoms with Gasteiger partial charge in [0.15, 0.2) is 0 Å². The van der Waals surface area contributed by atoms with Gasteiger partial charge in [0, 0.05) is 17.9 Å². The van der Waals surface area contributed by atoms with Crippen LogP contribution >= 0.6 is 0 Å². The molecule has 1 aromatic rings. The zero-order valence-electron chi connectivity index (χ0n) is 6.62. The fourth-order valence-corrected chi connectivity index (χ4v) is 0.813. The molecule has 2 heteroatoms. The van der Waals surface area contributed by atoms with Crippen LogP contribution in [-0.2, 0) is 0 Å². The number of hydrogen-bond donors (Lipinski definition) is 1. The molecule has 0 radical (unpaired) electrons. The summed E-state index contributed by atoms with van der Waals surface area (Å²) >= 11 is 0. The van der Waals surface area contributed by atoms with E-state index in [2.05, 4.69) is 11.6 Å². The van der Waals surface area contributed by atoms with Crippen LogP contribution in [0.25, 0.3) is 0 Å². The van der Waals surface area contributed by atoms with Crippen molar-refractivity contribution in [2.75, 3.05) is 0 Å². The second-order valence-electron chi connectivity index (χ2n) is 2.49. The van der Waals surface area contributed by atoms with Gasteiger partial charge >= 0.3 is 0 Å². The first kappa shape index (κ1) is 7.95. The van der Waals surface area contributed by atoms with Gasteiger partial charge in [0.2, 0.25) is 0 Å². The number of nitrogens with zero attached hydrogens (tertiary/aromatic N) is 1. The summed E-state index contributed by atoms with van der Waals surface area (Å²) in [6.07, 6.45) is 3.48. The first-order valence-corrected chi connectivity index (χ1v) is 3.54. The molecule has 0 amide bonds. The maximum absolute atomic E-state index is 5.69. The third-order valence-electron chi connectivity index (χ3n) is 1.57. The van der Waals surface area contributed by atoms with E-state index in [-0.39, 0.29) is 6.04 Å². The van der Waals surface area contributed by atoms with Crippen molar-refractivity contribution in [2.45, 2.75) is 13.0 Å². The lowest BCUT2D eigenvalue weighted by atomic mass is 10.1. The van der Waals surface area contributed by atoms with Crippen molar-refractivity contribution in [1.29, 1.82) is 0 Å². The minimum Gasteiger partial charge on any atom is -0.321 e. The van der Waals surface area contributed by atoms with E-state index >= 15 is 0 Å². The van der Waals surface area contributed by atoms with Crippen molar-refractivity contribution in [2.24, 2.45) is 5.73 Å². The van der Waals surface area contributed by atoms with Gasteiger partial charge in [-0.3, -0.25) is 4.98 Å². The molecule has 58 valence electrons. The summed E-state index contributed by atoms with van der Waals surface area (Å²) in [6.45, 7) is 5.55. The van der Waals surface area contributed by atoms with Crippen molar-refractivity contribution < 1.29 is 0 Å². The van der Waals surface area contributed by atoms with Crippen LogP contribution < -0.4 is 5.73 Å². The Morgan fingerprint density at radius 3 is 2.82 bits per heavy atom. The van der Waals surface area contributed by atoms with Crippen LogP contribution in [-0.4, -0.2) is 4.98 Å². The molecule has 11 heavy (non-hydrogen) atoms. The van der Waals surface area contributed by atoms with E-state index in [1.807, 2.05) is 19.1 Å². The number of aryl methyl sites for hydroxylation is 1. The number of hydrogen-bond acceptors (Lipinski definition) is 2. The summed E-state index contributed by atoms with van der Waals surface area (Å²) in [6, 6.07) is 3.82. The van der Waals surface area contributed by atoms with Crippen LogP contribution in [0, 0.1) is 6.92 Å². The highest BCUT2D eigenvalue weighted by Crippen LogP contribution is 2.08. The Hall–Kier alpha value is -1.15. The standard InChI is InChI=1S/C9H12N2/c1-3-9(10)8-5-4-7(2)11-6-8/h3-6,9H,1,10H2,2H3/t9-/m1/s1. The van der Waals surface area contributed by atoms with E-state index in [4.69, 9.17) is 5.73 Å². The van der Waals surface area contributed by atoms with E-state index in [1.165, 1.54) is 0 Å².